The summed E-state index contributed by atoms with van der Waals surface area (Å²) < 4.78 is 0. The van der Waals surface area contributed by atoms with E-state index in [1.54, 1.807) is 0 Å². The second-order valence-electron chi connectivity index (χ2n) is 5.49. The number of hydrogen-bond donors (Lipinski definition) is 1. The molecule has 17 heavy (non-hydrogen) atoms. The van der Waals surface area contributed by atoms with Gasteiger partial charge < -0.3 is 10.6 Å². The maximum absolute atomic E-state index is 11.8. The van der Waals surface area contributed by atoms with E-state index in [0.29, 0.717) is 18.5 Å². The van der Waals surface area contributed by atoms with Crippen molar-refractivity contribution in [2.45, 2.75) is 38.1 Å². The van der Waals surface area contributed by atoms with E-state index in [1.165, 1.54) is 32.1 Å². The zero-order valence-electron chi connectivity index (χ0n) is 10.9. The van der Waals surface area contributed by atoms with Gasteiger partial charge in [0.25, 0.3) is 0 Å². The normalized spacial score (nSPS) is 32.6. The molecule has 0 aromatic heterocycles. The standard InChI is InChI=1S/C13H25N3O/c1-15-7-8-16(10-13(15)17)12-6-4-2-3-5-11(12)9-14/h11-12H,2-10,14H2,1H3. The number of carbonyl (C=O) groups is 1. The first kappa shape index (κ1) is 12.8. The maximum Gasteiger partial charge on any atom is 0.236 e. The van der Waals surface area contributed by atoms with Crippen LogP contribution in [0.3, 0.4) is 0 Å². The first-order valence-corrected chi connectivity index (χ1v) is 6.90. The van der Waals surface area contributed by atoms with Gasteiger partial charge in [-0.15, -0.1) is 0 Å². The fourth-order valence-electron chi connectivity index (χ4n) is 3.18. The first-order chi connectivity index (χ1) is 8.22. The van der Waals surface area contributed by atoms with Crippen molar-refractivity contribution in [1.29, 1.82) is 0 Å². The Balaban J connectivity index is 2.00. The zero-order valence-corrected chi connectivity index (χ0v) is 10.9. The van der Waals surface area contributed by atoms with E-state index in [4.69, 9.17) is 5.73 Å². The number of rotatable bonds is 2. The number of carbonyl (C=O) groups excluding carboxylic acids is 1. The number of likely N-dealkylation sites (N-methyl/N-ethyl adjacent to an activating group) is 1. The number of nitrogens with zero attached hydrogens (tertiary/aromatic N) is 2. The minimum Gasteiger partial charge on any atom is -0.343 e. The summed E-state index contributed by atoms with van der Waals surface area (Å²) in [6.07, 6.45) is 6.39. The highest BCUT2D eigenvalue weighted by Gasteiger charge is 2.32. The predicted octanol–water partition coefficient (Wildman–Crippen LogP) is 0.668. The Morgan fingerprint density at radius 3 is 2.71 bits per heavy atom. The van der Waals surface area contributed by atoms with Crippen LogP contribution >= 0.6 is 0 Å². The monoisotopic (exact) mass is 239 g/mol. The summed E-state index contributed by atoms with van der Waals surface area (Å²) in [5.74, 6) is 0.852. The molecule has 98 valence electrons. The number of hydrogen-bond acceptors (Lipinski definition) is 3. The van der Waals surface area contributed by atoms with E-state index in [1.807, 2.05) is 11.9 Å². The molecule has 1 heterocycles. The Kier molecular flexibility index (Phi) is 4.40. The van der Waals surface area contributed by atoms with Gasteiger partial charge in [-0.3, -0.25) is 9.69 Å². The molecule has 1 saturated heterocycles. The van der Waals surface area contributed by atoms with Gasteiger partial charge in [0.05, 0.1) is 6.54 Å². The SMILES string of the molecule is CN1CCN(C2CCCCCC2CN)CC1=O. The third-order valence-electron chi connectivity index (χ3n) is 4.38. The van der Waals surface area contributed by atoms with Gasteiger partial charge in [-0.05, 0) is 25.3 Å². The smallest absolute Gasteiger partial charge is 0.236 e. The van der Waals surface area contributed by atoms with E-state index in [-0.39, 0.29) is 5.91 Å². The minimum absolute atomic E-state index is 0.260. The van der Waals surface area contributed by atoms with Crippen LogP contribution in [0.2, 0.25) is 0 Å². The van der Waals surface area contributed by atoms with Crippen LogP contribution in [-0.4, -0.2) is 55.0 Å². The van der Waals surface area contributed by atoms with Crippen molar-refractivity contribution < 1.29 is 4.79 Å². The molecule has 0 radical (unpaired) electrons. The molecule has 2 N–H and O–H groups in total. The number of piperazine rings is 1. The summed E-state index contributed by atoms with van der Waals surface area (Å²) >= 11 is 0. The highest BCUT2D eigenvalue weighted by atomic mass is 16.2. The van der Waals surface area contributed by atoms with Crippen LogP contribution in [0.15, 0.2) is 0 Å². The average molecular weight is 239 g/mol. The van der Waals surface area contributed by atoms with Gasteiger partial charge in [-0.25, -0.2) is 0 Å². The van der Waals surface area contributed by atoms with Crippen LogP contribution in [0.25, 0.3) is 0 Å². The molecule has 0 bridgehead atoms. The fraction of sp³-hybridized carbons (Fsp3) is 0.923. The molecule has 0 aromatic carbocycles. The van der Waals surface area contributed by atoms with E-state index >= 15 is 0 Å². The lowest BCUT2D eigenvalue weighted by atomic mass is 9.93. The summed E-state index contributed by atoms with van der Waals surface area (Å²) in [6.45, 7) is 3.25. The summed E-state index contributed by atoms with van der Waals surface area (Å²) in [7, 11) is 1.90. The molecule has 0 spiro atoms. The van der Waals surface area contributed by atoms with Gasteiger partial charge in [0.15, 0.2) is 0 Å². The fourth-order valence-corrected chi connectivity index (χ4v) is 3.18. The lowest BCUT2D eigenvalue weighted by molar-refractivity contribution is -0.136. The third-order valence-corrected chi connectivity index (χ3v) is 4.38. The quantitative estimate of drug-likeness (QED) is 0.721. The van der Waals surface area contributed by atoms with Crippen LogP contribution in [-0.2, 0) is 4.79 Å². The summed E-state index contributed by atoms with van der Waals surface area (Å²) in [5.41, 5.74) is 5.91. The van der Waals surface area contributed by atoms with Gasteiger partial charge in [-0.2, -0.15) is 0 Å². The largest absolute Gasteiger partial charge is 0.343 e. The Labute approximate surface area is 104 Å². The molecule has 1 amide bonds. The molecule has 0 aromatic rings. The van der Waals surface area contributed by atoms with E-state index < -0.39 is 0 Å². The molecule has 2 rings (SSSR count). The number of nitrogens with two attached hydrogens (primary N) is 1. The molecule has 4 heteroatoms. The second-order valence-corrected chi connectivity index (χ2v) is 5.49. The summed E-state index contributed by atoms with van der Waals surface area (Å²) in [4.78, 5) is 16.0. The molecular formula is C13H25N3O. The van der Waals surface area contributed by atoms with Crippen molar-refractivity contribution in [2.24, 2.45) is 11.7 Å². The van der Waals surface area contributed by atoms with Crippen molar-refractivity contribution >= 4 is 5.91 Å². The molecule has 1 aliphatic carbocycles. The summed E-state index contributed by atoms with van der Waals surface area (Å²) in [5, 5.41) is 0. The van der Waals surface area contributed by atoms with Crippen LogP contribution in [0.1, 0.15) is 32.1 Å². The van der Waals surface area contributed by atoms with Crippen molar-refractivity contribution in [1.82, 2.24) is 9.80 Å². The van der Waals surface area contributed by atoms with Crippen molar-refractivity contribution in [3.05, 3.63) is 0 Å². The minimum atomic E-state index is 0.260. The molecule has 1 aliphatic heterocycles. The van der Waals surface area contributed by atoms with Crippen LogP contribution in [0, 0.1) is 5.92 Å². The molecule has 2 unspecified atom stereocenters. The highest BCUT2D eigenvalue weighted by molar-refractivity contribution is 5.78. The Morgan fingerprint density at radius 1 is 1.24 bits per heavy atom. The van der Waals surface area contributed by atoms with Crippen molar-refractivity contribution in [3.63, 3.8) is 0 Å². The molecular weight excluding hydrogens is 214 g/mol. The van der Waals surface area contributed by atoms with Crippen LogP contribution in [0.4, 0.5) is 0 Å². The lowest BCUT2D eigenvalue weighted by Gasteiger charge is -2.40. The summed E-state index contributed by atoms with van der Waals surface area (Å²) in [6, 6.07) is 0.542. The van der Waals surface area contributed by atoms with Gasteiger partial charge >= 0.3 is 0 Å². The maximum atomic E-state index is 11.8. The zero-order chi connectivity index (χ0) is 12.3. The molecule has 1 saturated carbocycles. The predicted molar refractivity (Wildman–Crippen MR) is 68.6 cm³/mol. The van der Waals surface area contributed by atoms with Crippen LogP contribution < -0.4 is 5.73 Å². The molecule has 2 aliphatic rings. The Bertz CT molecular complexity index is 269. The third kappa shape index (κ3) is 2.99. The van der Waals surface area contributed by atoms with E-state index in [9.17, 15) is 4.79 Å². The Hall–Kier alpha value is -0.610. The number of amides is 1. The molecule has 2 atom stereocenters. The van der Waals surface area contributed by atoms with E-state index in [2.05, 4.69) is 4.90 Å². The molecule has 2 fully saturated rings. The van der Waals surface area contributed by atoms with Crippen LogP contribution in [0.5, 0.6) is 0 Å². The van der Waals surface area contributed by atoms with Gasteiger partial charge in [0.2, 0.25) is 5.91 Å². The topological polar surface area (TPSA) is 49.6 Å². The average Bonchev–Trinajstić information content (AvgIpc) is 2.57. The van der Waals surface area contributed by atoms with Crippen molar-refractivity contribution in [3.8, 4) is 0 Å². The highest BCUT2D eigenvalue weighted by Crippen LogP contribution is 2.27. The first-order valence-electron chi connectivity index (χ1n) is 6.90. The van der Waals surface area contributed by atoms with E-state index in [0.717, 1.165) is 19.6 Å². The molecule has 4 nitrogen and oxygen atoms in total. The lowest BCUT2D eigenvalue weighted by Crippen LogP contribution is -2.54. The van der Waals surface area contributed by atoms with Gasteiger partial charge in [0, 0.05) is 26.2 Å². The Morgan fingerprint density at radius 2 is 2.00 bits per heavy atom. The second kappa shape index (κ2) is 5.83. The van der Waals surface area contributed by atoms with Gasteiger partial charge in [0.1, 0.15) is 0 Å². The van der Waals surface area contributed by atoms with Crippen molar-refractivity contribution in [2.75, 3.05) is 33.2 Å². The van der Waals surface area contributed by atoms with Gasteiger partial charge in [-0.1, -0.05) is 19.3 Å².